The van der Waals surface area contributed by atoms with Crippen LogP contribution in [-0.4, -0.2) is 32.3 Å². The van der Waals surface area contributed by atoms with E-state index in [1.165, 1.54) is 23.9 Å². The number of aromatic nitrogens is 3. The molecule has 30 heavy (non-hydrogen) atoms. The summed E-state index contributed by atoms with van der Waals surface area (Å²) >= 11 is 4.55. The van der Waals surface area contributed by atoms with Gasteiger partial charge in [-0.3, -0.25) is 9.59 Å². The highest BCUT2D eigenvalue weighted by Gasteiger charge is 2.16. The van der Waals surface area contributed by atoms with Crippen molar-refractivity contribution in [2.24, 2.45) is 0 Å². The predicted molar refractivity (Wildman–Crippen MR) is 117 cm³/mol. The van der Waals surface area contributed by atoms with Gasteiger partial charge >= 0.3 is 0 Å². The summed E-state index contributed by atoms with van der Waals surface area (Å²) in [5.41, 5.74) is 0.662. The van der Waals surface area contributed by atoms with Gasteiger partial charge in [0.2, 0.25) is 5.91 Å². The molecule has 0 unspecified atom stereocenters. The Balaban J connectivity index is 1.58. The van der Waals surface area contributed by atoms with Gasteiger partial charge in [0.25, 0.3) is 5.91 Å². The smallest absolute Gasteiger partial charge is 0.252 e. The van der Waals surface area contributed by atoms with Gasteiger partial charge in [-0.2, -0.15) is 0 Å². The number of rotatable bonds is 8. The van der Waals surface area contributed by atoms with E-state index in [1.54, 1.807) is 30.3 Å². The number of hydrogen-bond donors (Lipinski definition) is 2. The third-order valence-electron chi connectivity index (χ3n) is 4.12. The number of amides is 2. The van der Waals surface area contributed by atoms with Gasteiger partial charge in [-0.1, -0.05) is 36.0 Å². The first-order valence-electron chi connectivity index (χ1n) is 9.11. The van der Waals surface area contributed by atoms with Crippen molar-refractivity contribution >= 4 is 45.2 Å². The molecule has 0 spiro atoms. The summed E-state index contributed by atoms with van der Waals surface area (Å²) in [4.78, 5) is 24.5. The number of carbonyl (C=O) groups excluding carboxylic acids is 2. The van der Waals surface area contributed by atoms with E-state index in [0.717, 1.165) is 0 Å². The van der Waals surface area contributed by atoms with E-state index < -0.39 is 5.82 Å². The molecule has 0 aliphatic carbocycles. The summed E-state index contributed by atoms with van der Waals surface area (Å²) in [6.07, 6.45) is 0. The molecular weight excluding hydrogens is 473 g/mol. The van der Waals surface area contributed by atoms with Crippen LogP contribution in [0.15, 0.2) is 58.2 Å². The molecule has 0 fully saturated rings. The fourth-order valence-corrected chi connectivity index (χ4v) is 3.94. The number of carbonyl (C=O) groups is 2. The molecule has 156 valence electrons. The monoisotopic (exact) mass is 491 g/mol. The summed E-state index contributed by atoms with van der Waals surface area (Å²) in [6.45, 7) is 2.69. The molecule has 3 aromatic rings. The molecular formula is C20H19BrFN5O2S. The summed E-state index contributed by atoms with van der Waals surface area (Å²) < 4.78 is 16.2. The lowest BCUT2D eigenvalue weighted by Crippen LogP contribution is -2.25. The second kappa shape index (κ2) is 10.4. The van der Waals surface area contributed by atoms with Gasteiger partial charge < -0.3 is 15.2 Å². The van der Waals surface area contributed by atoms with Crippen molar-refractivity contribution in [3.05, 3.63) is 70.2 Å². The zero-order valence-electron chi connectivity index (χ0n) is 16.1. The molecule has 0 saturated heterocycles. The van der Waals surface area contributed by atoms with E-state index in [4.69, 9.17) is 0 Å². The molecule has 0 saturated carbocycles. The van der Waals surface area contributed by atoms with Crippen LogP contribution in [0.1, 0.15) is 23.1 Å². The van der Waals surface area contributed by atoms with Crippen molar-refractivity contribution < 1.29 is 14.0 Å². The molecule has 0 aliphatic heterocycles. The highest BCUT2D eigenvalue weighted by Crippen LogP contribution is 2.19. The van der Waals surface area contributed by atoms with Gasteiger partial charge in [0.05, 0.1) is 23.5 Å². The van der Waals surface area contributed by atoms with E-state index in [0.29, 0.717) is 27.6 Å². The number of benzene rings is 2. The van der Waals surface area contributed by atoms with Crippen LogP contribution in [0.4, 0.5) is 10.1 Å². The molecule has 1 aromatic heterocycles. The minimum Gasteiger partial charge on any atom is -0.345 e. The Labute approximate surface area is 185 Å². The van der Waals surface area contributed by atoms with Gasteiger partial charge in [0, 0.05) is 11.0 Å². The lowest BCUT2D eigenvalue weighted by atomic mass is 10.2. The number of anilines is 1. The minimum atomic E-state index is -0.490. The molecule has 0 radical (unpaired) electrons. The van der Waals surface area contributed by atoms with E-state index in [1.807, 2.05) is 17.6 Å². The molecule has 2 N–H and O–H groups in total. The number of hydrogen-bond acceptors (Lipinski definition) is 5. The fraction of sp³-hybridized carbons (Fsp3) is 0.200. The molecule has 1 heterocycles. The zero-order chi connectivity index (χ0) is 21.5. The highest BCUT2D eigenvalue weighted by atomic mass is 79.9. The van der Waals surface area contributed by atoms with E-state index in [-0.39, 0.29) is 29.8 Å². The molecule has 7 nitrogen and oxygen atoms in total. The highest BCUT2D eigenvalue weighted by molar-refractivity contribution is 9.10. The lowest BCUT2D eigenvalue weighted by Gasteiger charge is -2.09. The van der Waals surface area contributed by atoms with Crippen molar-refractivity contribution in [3.63, 3.8) is 0 Å². The Morgan fingerprint density at radius 2 is 1.87 bits per heavy atom. The van der Waals surface area contributed by atoms with E-state index in [9.17, 15) is 14.0 Å². The summed E-state index contributed by atoms with van der Waals surface area (Å²) in [5.74, 6) is -0.438. The summed E-state index contributed by atoms with van der Waals surface area (Å²) in [6, 6.07) is 13.1. The molecule has 0 aliphatic rings. The quantitative estimate of drug-likeness (QED) is 0.467. The maximum atomic E-state index is 13.6. The summed E-state index contributed by atoms with van der Waals surface area (Å²) in [5, 5.41) is 14.1. The summed E-state index contributed by atoms with van der Waals surface area (Å²) in [7, 11) is 0. The Kier molecular flexibility index (Phi) is 7.58. The van der Waals surface area contributed by atoms with E-state index >= 15 is 0 Å². The van der Waals surface area contributed by atoms with Gasteiger partial charge in [-0.05, 0) is 47.1 Å². The fourth-order valence-electron chi connectivity index (χ4n) is 2.65. The topological polar surface area (TPSA) is 88.9 Å². The number of thioether (sulfide) groups is 1. The third-order valence-corrected chi connectivity index (χ3v) is 5.77. The molecule has 0 bridgehead atoms. The van der Waals surface area contributed by atoms with Gasteiger partial charge in [0.1, 0.15) is 5.82 Å². The van der Waals surface area contributed by atoms with Crippen LogP contribution in [0.5, 0.6) is 0 Å². The van der Waals surface area contributed by atoms with Crippen LogP contribution in [-0.2, 0) is 17.9 Å². The molecule has 2 amide bonds. The first-order valence-corrected chi connectivity index (χ1v) is 10.9. The van der Waals surface area contributed by atoms with Crippen molar-refractivity contribution in [1.82, 2.24) is 20.1 Å². The second-order valence-electron chi connectivity index (χ2n) is 6.12. The van der Waals surface area contributed by atoms with Crippen molar-refractivity contribution in [3.8, 4) is 0 Å². The largest absolute Gasteiger partial charge is 0.345 e. The molecule has 0 atom stereocenters. The van der Waals surface area contributed by atoms with Crippen LogP contribution >= 0.6 is 27.7 Å². The molecule has 2 aromatic carbocycles. The van der Waals surface area contributed by atoms with Gasteiger partial charge in [0.15, 0.2) is 11.0 Å². The normalized spacial score (nSPS) is 10.6. The zero-order valence-corrected chi connectivity index (χ0v) is 18.5. The first-order chi connectivity index (χ1) is 14.5. The van der Waals surface area contributed by atoms with Gasteiger partial charge in [-0.25, -0.2) is 4.39 Å². The average molecular weight is 492 g/mol. The molecule has 3 rings (SSSR count). The Morgan fingerprint density at radius 1 is 1.13 bits per heavy atom. The molecule has 10 heteroatoms. The predicted octanol–water partition coefficient (Wildman–Crippen LogP) is 3.86. The van der Waals surface area contributed by atoms with Crippen molar-refractivity contribution in [2.75, 3.05) is 11.1 Å². The number of nitrogens with one attached hydrogen (secondary N) is 2. The van der Waals surface area contributed by atoms with Crippen LogP contribution in [0, 0.1) is 5.82 Å². The van der Waals surface area contributed by atoms with Crippen LogP contribution in [0.2, 0.25) is 0 Å². The lowest BCUT2D eigenvalue weighted by molar-refractivity contribution is -0.113. The Morgan fingerprint density at radius 3 is 2.60 bits per heavy atom. The third kappa shape index (κ3) is 5.45. The Bertz CT molecular complexity index is 1060. The maximum Gasteiger partial charge on any atom is 0.252 e. The number of halogens is 2. The van der Waals surface area contributed by atoms with Crippen molar-refractivity contribution in [1.29, 1.82) is 0 Å². The van der Waals surface area contributed by atoms with Crippen LogP contribution < -0.4 is 10.6 Å². The first kappa shape index (κ1) is 22.0. The van der Waals surface area contributed by atoms with Crippen LogP contribution in [0.3, 0.4) is 0 Å². The van der Waals surface area contributed by atoms with E-state index in [2.05, 4.69) is 36.8 Å². The van der Waals surface area contributed by atoms with Gasteiger partial charge in [-0.15, -0.1) is 10.2 Å². The van der Waals surface area contributed by atoms with Crippen LogP contribution in [0.25, 0.3) is 0 Å². The SMILES string of the molecule is CCn1c(CNC(=O)c2ccccc2Br)nnc1SCC(=O)Nc1ccccc1F. The minimum absolute atomic E-state index is 0.0514. The standard InChI is InChI=1S/C20H19BrFN5O2S/c1-2-27-17(11-23-19(29)13-7-3-4-8-14(13)21)25-26-20(27)30-12-18(28)24-16-10-6-5-9-15(16)22/h3-10H,2,11-12H2,1H3,(H,23,29)(H,24,28). The number of nitrogens with zero attached hydrogens (tertiary/aromatic N) is 3. The van der Waals surface area contributed by atoms with Crippen molar-refractivity contribution in [2.45, 2.75) is 25.2 Å². The number of para-hydroxylation sites is 1. The second-order valence-corrected chi connectivity index (χ2v) is 7.92. The maximum absolute atomic E-state index is 13.6. The Hall–Kier alpha value is -2.72. The average Bonchev–Trinajstić information content (AvgIpc) is 3.14.